The molecule has 2 aromatic heterocycles. The van der Waals surface area contributed by atoms with E-state index in [4.69, 9.17) is 4.74 Å². The molecule has 188 valence electrons. The average molecular weight is 495 g/mol. The van der Waals surface area contributed by atoms with Crippen LogP contribution in [-0.4, -0.2) is 62.7 Å². The Morgan fingerprint density at radius 3 is 2.67 bits per heavy atom. The normalized spacial score (nSPS) is 25.4. The number of halogens is 2. The van der Waals surface area contributed by atoms with E-state index in [-0.39, 0.29) is 29.8 Å². The van der Waals surface area contributed by atoms with Crippen molar-refractivity contribution in [3.8, 4) is 34.0 Å². The fourth-order valence-electron chi connectivity index (χ4n) is 5.57. The fourth-order valence-corrected chi connectivity index (χ4v) is 5.57. The predicted octanol–water partition coefficient (Wildman–Crippen LogP) is 4.04. The zero-order chi connectivity index (χ0) is 24.8. The van der Waals surface area contributed by atoms with Crippen molar-refractivity contribution in [2.45, 2.75) is 68.9 Å². The minimum atomic E-state index is -0.973. The molecule has 8 nitrogen and oxygen atoms in total. The third-order valence-electron chi connectivity index (χ3n) is 7.46. The first-order valence-corrected chi connectivity index (χ1v) is 12.4. The zero-order valence-electron chi connectivity index (χ0n) is 19.9. The standard InChI is InChI=1S/C26H28F2N6O2/c1-36-24-11-15(10-23(27)31-24)14-5-8-18(22(35)9-14)20-13-29-26(33-32-20)34(17-6-7-17)21-12-16-3-2-4-19(30-16)25(21)28/h5,8-11,13,16-17,19,21,25,30,35H,2-4,6-7,12H2,1H3/t16-,19-,21-,25+/m0/s1. The number of alkyl halides is 1. The highest BCUT2D eigenvalue weighted by molar-refractivity contribution is 5.74. The molecule has 4 heterocycles. The van der Waals surface area contributed by atoms with Crippen LogP contribution in [0.3, 0.4) is 0 Å². The first kappa shape index (κ1) is 23.0. The molecule has 0 amide bonds. The summed E-state index contributed by atoms with van der Waals surface area (Å²) in [5.74, 6) is -0.134. The number of benzene rings is 1. The van der Waals surface area contributed by atoms with Crippen LogP contribution in [0, 0.1) is 5.95 Å². The summed E-state index contributed by atoms with van der Waals surface area (Å²) in [6.45, 7) is 0. The van der Waals surface area contributed by atoms with E-state index in [1.165, 1.54) is 19.2 Å². The maximum atomic E-state index is 15.4. The molecular formula is C26H28F2N6O2. The first-order valence-electron chi connectivity index (χ1n) is 12.4. The number of aromatic nitrogens is 4. The van der Waals surface area contributed by atoms with Gasteiger partial charge in [-0.2, -0.15) is 9.37 Å². The summed E-state index contributed by atoms with van der Waals surface area (Å²) >= 11 is 0. The maximum Gasteiger partial charge on any atom is 0.245 e. The summed E-state index contributed by atoms with van der Waals surface area (Å²) in [6.07, 6.45) is 6.33. The van der Waals surface area contributed by atoms with E-state index in [0.29, 0.717) is 34.4 Å². The van der Waals surface area contributed by atoms with Crippen LogP contribution < -0.4 is 15.0 Å². The van der Waals surface area contributed by atoms with Gasteiger partial charge in [-0.3, -0.25) is 0 Å². The van der Waals surface area contributed by atoms with Crippen molar-refractivity contribution in [1.82, 2.24) is 25.5 Å². The van der Waals surface area contributed by atoms with Gasteiger partial charge in [-0.15, -0.1) is 10.2 Å². The fraction of sp³-hybridized carbons (Fsp3) is 0.462. The molecule has 2 saturated heterocycles. The van der Waals surface area contributed by atoms with Crippen LogP contribution >= 0.6 is 0 Å². The molecule has 3 fully saturated rings. The van der Waals surface area contributed by atoms with Gasteiger partial charge in [0.15, 0.2) is 0 Å². The third-order valence-corrected chi connectivity index (χ3v) is 7.46. The van der Waals surface area contributed by atoms with E-state index in [0.717, 1.165) is 38.5 Å². The molecule has 3 aromatic rings. The number of methoxy groups -OCH3 is 1. The lowest BCUT2D eigenvalue weighted by molar-refractivity contribution is 0.103. The summed E-state index contributed by atoms with van der Waals surface area (Å²) in [5.41, 5.74) is 1.97. The van der Waals surface area contributed by atoms with Crippen molar-refractivity contribution in [2.24, 2.45) is 0 Å². The number of rotatable bonds is 6. The number of hydrogen-bond acceptors (Lipinski definition) is 8. The number of fused-ring (bicyclic) bond motifs is 2. The lowest BCUT2D eigenvalue weighted by atomic mass is 9.82. The van der Waals surface area contributed by atoms with Crippen LogP contribution in [0.2, 0.25) is 0 Å². The van der Waals surface area contributed by atoms with Gasteiger partial charge in [0.05, 0.1) is 19.3 Å². The Morgan fingerprint density at radius 2 is 1.94 bits per heavy atom. The Balaban J connectivity index is 1.26. The molecule has 0 unspecified atom stereocenters. The van der Waals surface area contributed by atoms with Crippen LogP contribution in [0.5, 0.6) is 11.6 Å². The average Bonchev–Trinajstić information content (AvgIpc) is 3.73. The van der Waals surface area contributed by atoms with E-state index in [1.807, 2.05) is 4.90 Å². The molecule has 36 heavy (non-hydrogen) atoms. The molecule has 1 aromatic carbocycles. The molecule has 4 atom stereocenters. The van der Waals surface area contributed by atoms with E-state index in [2.05, 4.69) is 25.5 Å². The second-order valence-corrected chi connectivity index (χ2v) is 9.88. The van der Waals surface area contributed by atoms with Crippen LogP contribution in [0.25, 0.3) is 22.4 Å². The van der Waals surface area contributed by atoms with Crippen LogP contribution in [0.4, 0.5) is 14.7 Å². The van der Waals surface area contributed by atoms with Gasteiger partial charge in [-0.1, -0.05) is 12.5 Å². The van der Waals surface area contributed by atoms with Crippen molar-refractivity contribution in [3.05, 3.63) is 42.5 Å². The van der Waals surface area contributed by atoms with Gasteiger partial charge in [0, 0.05) is 35.8 Å². The SMILES string of the molecule is COc1cc(-c2ccc(-c3cnc(N(C4CC4)[C@H]4C[C@@H]5CCC[C@H](N5)[C@H]4F)nn3)c(O)c2)cc(F)n1. The highest BCUT2D eigenvalue weighted by Gasteiger charge is 2.47. The molecule has 1 saturated carbocycles. The van der Waals surface area contributed by atoms with Gasteiger partial charge >= 0.3 is 0 Å². The Kier molecular flexibility index (Phi) is 5.91. The number of piperidine rings is 2. The minimum absolute atomic E-state index is 0.0402. The highest BCUT2D eigenvalue weighted by Crippen LogP contribution is 2.39. The second-order valence-electron chi connectivity index (χ2n) is 9.88. The number of phenolic OH excluding ortho intramolecular Hbond substituents is 1. The summed E-state index contributed by atoms with van der Waals surface area (Å²) in [6, 6.07) is 8.02. The van der Waals surface area contributed by atoms with Crippen molar-refractivity contribution in [1.29, 1.82) is 0 Å². The quantitative estimate of drug-likeness (QED) is 0.496. The molecule has 0 radical (unpaired) electrons. The highest BCUT2D eigenvalue weighted by atomic mass is 19.1. The summed E-state index contributed by atoms with van der Waals surface area (Å²) < 4.78 is 34.3. The molecule has 6 rings (SSSR count). The van der Waals surface area contributed by atoms with Gasteiger partial charge in [0.1, 0.15) is 17.6 Å². The zero-order valence-corrected chi connectivity index (χ0v) is 19.9. The Hall–Kier alpha value is -3.40. The van der Waals surface area contributed by atoms with Gasteiger partial charge in [-0.25, -0.2) is 9.37 Å². The van der Waals surface area contributed by atoms with Crippen LogP contribution in [-0.2, 0) is 0 Å². The van der Waals surface area contributed by atoms with Crippen molar-refractivity contribution >= 4 is 5.95 Å². The van der Waals surface area contributed by atoms with Gasteiger partial charge in [0.2, 0.25) is 17.8 Å². The first-order chi connectivity index (χ1) is 17.5. The number of nitrogens with zero attached hydrogens (tertiary/aromatic N) is 5. The van der Waals surface area contributed by atoms with Crippen molar-refractivity contribution < 1.29 is 18.6 Å². The van der Waals surface area contributed by atoms with Crippen molar-refractivity contribution in [3.63, 3.8) is 0 Å². The Labute approximate surface area is 207 Å². The number of hydrogen-bond donors (Lipinski definition) is 2. The van der Waals surface area contributed by atoms with E-state index in [1.54, 1.807) is 24.4 Å². The van der Waals surface area contributed by atoms with E-state index >= 15 is 4.39 Å². The lowest BCUT2D eigenvalue weighted by Crippen LogP contribution is -2.62. The second kappa shape index (κ2) is 9.24. The molecule has 1 aliphatic carbocycles. The number of ether oxygens (including phenoxy) is 1. The Bertz CT molecular complexity index is 1260. The van der Waals surface area contributed by atoms with Crippen LogP contribution in [0.15, 0.2) is 36.5 Å². The molecule has 2 N–H and O–H groups in total. The van der Waals surface area contributed by atoms with E-state index in [9.17, 15) is 9.50 Å². The summed E-state index contributed by atoms with van der Waals surface area (Å²) in [5, 5.41) is 22.9. The number of nitrogens with one attached hydrogen (secondary N) is 1. The Morgan fingerprint density at radius 1 is 1.08 bits per heavy atom. The number of aromatic hydroxyl groups is 1. The van der Waals surface area contributed by atoms with Crippen LogP contribution in [0.1, 0.15) is 38.5 Å². The summed E-state index contributed by atoms with van der Waals surface area (Å²) in [7, 11) is 1.41. The molecular weight excluding hydrogens is 466 g/mol. The third kappa shape index (κ3) is 4.34. The molecule has 10 heteroatoms. The molecule has 0 spiro atoms. The van der Waals surface area contributed by atoms with E-state index < -0.39 is 12.1 Å². The maximum absolute atomic E-state index is 15.4. The molecule has 2 aliphatic heterocycles. The molecule has 2 bridgehead atoms. The lowest BCUT2D eigenvalue weighted by Gasteiger charge is -2.46. The van der Waals surface area contributed by atoms with Crippen molar-refractivity contribution in [2.75, 3.05) is 12.0 Å². The van der Waals surface area contributed by atoms with Gasteiger partial charge < -0.3 is 20.1 Å². The largest absolute Gasteiger partial charge is 0.507 e. The summed E-state index contributed by atoms with van der Waals surface area (Å²) in [4.78, 5) is 10.2. The van der Waals surface area contributed by atoms with Gasteiger partial charge in [0.25, 0.3) is 0 Å². The predicted molar refractivity (Wildman–Crippen MR) is 130 cm³/mol. The van der Waals surface area contributed by atoms with Gasteiger partial charge in [-0.05, 0) is 55.4 Å². The minimum Gasteiger partial charge on any atom is -0.507 e. The smallest absolute Gasteiger partial charge is 0.245 e. The molecule has 3 aliphatic rings. The number of anilines is 1. The monoisotopic (exact) mass is 494 g/mol. The topological polar surface area (TPSA) is 96.3 Å². The number of pyridine rings is 1. The number of phenols is 1.